The van der Waals surface area contributed by atoms with Gasteiger partial charge in [-0.15, -0.1) is 0 Å². The fourth-order valence-corrected chi connectivity index (χ4v) is 3.34. The average Bonchev–Trinajstić information content (AvgIpc) is 2.74. The third-order valence-corrected chi connectivity index (χ3v) is 5.03. The maximum absolute atomic E-state index is 11.4. The van der Waals surface area contributed by atoms with Crippen molar-refractivity contribution in [3.63, 3.8) is 0 Å². The molecule has 0 amide bonds. The smallest absolute Gasteiger partial charge is 0.211 e. The summed E-state index contributed by atoms with van der Waals surface area (Å²) in [5, 5.41) is 13.4. The molecule has 0 spiro atoms. The van der Waals surface area contributed by atoms with Gasteiger partial charge in [-0.1, -0.05) is 0 Å². The van der Waals surface area contributed by atoms with Gasteiger partial charge in [0.1, 0.15) is 5.60 Å². The van der Waals surface area contributed by atoms with Crippen LogP contribution in [0.4, 0.5) is 0 Å². The van der Waals surface area contributed by atoms with Gasteiger partial charge in [-0.2, -0.15) is 0 Å². The highest BCUT2D eigenvalue weighted by atomic mass is 32.2. The molecule has 0 saturated carbocycles. The maximum atomic E-state index is 11.4. The molecule has 18 heavy (non-hydrogen) atoms. The van der Waals surface area contributed by atoms with Crippen LogP contribution in [-0.4, -0.2) is 68.6 Å². The van der Waals surface area contributed by atoms with Crippen molar-refractivity contribution in [2.24, 2.45) is 0 Å². The zero-order chi connectivity index (χ0) is 13.2. The Bertz CT molecular complexity index is 371. The van der Waals surface area contributed by atoms with Gasteiger partial charge in [-0.3, -0.25) is 0 Å². The lowest BCUT2D eigenvalue weighted by atomic mass is 10.0. The molecule has 1 unspecified atom stereocenters. The van der Waals surface area contributed by atoms with E-state index in [-0.39, 0.29) is 6.04 Å². The van der Waals surface area contributed by atoms with Crippen molar-refractivity contribution in [3.05, 3.63) is 0 Å². The van der Waals surface area contributed by atoms with Gasteiger partial charge in [-0.25, -0.2) is 12.7 Å². The number of aliphatic hydroxyl groups is 1. The van der Waals surface area contributed by atoms with E-state index in [1.165, 1.54) is 10.6 Å². The minimum atomic E-state index is -3.06. The van der Waals surface area contributed by atoms with E-state index in [0.29, 0.717) is 39.3 Å². The van der Waals surface area contributed by atoms with Crippen molar-refractivity contribution < 1.29 is 18.3 Å². The number of piperidine rings is 1. The second-order valence-electron chi connectivity index (χ2n) is 5.34. The Balaban J connectivity index is 1.74. The van der Waals surface area contributed by atoms with Crippen LogP contribution in [-0.2, 0) is 14.8 Å². The highest BCUT2D eigenvalue weighted by Crippen LogP contribution is 2.19. The van der Waals surface area contributed by atoms with Crippen molar-refractivity contribution in [3.8, 4) is 0 Å². The molecule has 2 aliphatic heterocycles. The van der Waals surface area contributed by atoms with Crippen LogP contribution >= 0.6 is 0 Å². The Morgan fingerprint density at radius 3 is 2.61 bits per heavy atom. The summed E-state index contributed by atoms with van der Waals surface area (Å²) in [4.78, 5) is 0. The molecular weight excluding hydrogens is 256 g/mol. The summed E-state index contributed by atoms with van der Waals surface area (Å²) in [6.45, 7) is 2.65. The van der Waals surface area contributed by atoms with Crippen molar-refractivity contribution in [2.45, 2.75) is 30.9 Å². The zero-order valence-electron chi connectivity index (χ0n) is 10.8. The first-order valence-corrected chi connectivity index (χ1v) is 8.23. The summed E-state index contributed by atoms with van der Waals surface area (Å²) in [6, 6.07) is 0.285. The summed E-state index contributed by atoms with van der Waals surface area (Å²) >= 11 is 0. The monoisotopic (exact) mass is 278 g/mol. The van der Waals surface area contributed by atoms with E-state index in [2.05, 4.69) is 5.32 Å². The standard InChI is InChI=1S/C11H22N2O4S/c1-18(15,16)13-5-2-10(3-6-13)12-8-11(14)4-7-17-9-11/h10,12,14H,2-9H2,1H3. The normalized spacial score (nSPS) is 31.9. The second kappa shape index (κ2) is 5.42. The van der Waals surface area contributed by atoms with Crippen LogP contribution in [0.15, 0.2) is 0 Å². The summed E-state index contributed by atoms with van der Waals surface area (Å²) in [5.74, 6) is 0. The molecular formula is C11H22N2O4S. The minimum Gasteiger partial charge on any atom is -0.386 e. The number of hydrogen-bond acceptors (Lipinski definition) is 5. The van der Waals surface area contributed by atoms with Crippen molar-refractivity contribution >= 4 is 10.0 Å². The van der Waals surface area contributed by atoms with Gasteiger partial charge in [0.2, 0.25) is 10.0 Å². The van der Waals surface area contributed by atoms with Crippen LogP contribution in [0.1, 0.15) is 19.3 Å². The number of nitrogens with one attached hydrogen (secondary N) is 1. The molecule has 0 radical (unpaired) electrons. The molecule has 0 aliphatic carbocycles. The van der Waals surface area contributed by atoms with Gasteiger partial charge in [0, 0.05) is 38.7 Å². The number of nitrogens with zero attached hydrogens (tertiary/aromatic N) is 1. The Hall–Kier alpha value is -0.210. The van der Waals surface area contributed by atoms with Crippen molar-refractivity contribution in [1.29, 1.82) is 0 Å². The van der Waals surface area contributed by atoms with E-state index in [9.17, 15) is 13.5 Å². The number of hydrogen-bond donors (Lipinski definition) is 2. The molecule has 2 saturated heterocycles. The van der Waals surface area contributed by atoms with E-state index < -0.39 is 15.6 Å². The lowest BCUT2D eigenvalue weighted by Crippen LogP contribution is -2.49. The van der Waals surface area contributed by atoms with Crippen LogP contribution < -0.4 is 5.32 Å². The van der Waals surface area contributed by atoms with Crippen LogP contribution in [0.25, 0.3) is 0 Å². The van der Waals surface area contributed by atoms with Crippen molar-refractivity contribution in [2.75, 3.05) is 39.1 Å². The van der Waals surface area contributed by atoms with Gasteiger partial charge < -0.3 is 15.2 Å². The van der Waals surface area contributed by atoms with E-state index in [4.69, 9.17) is 4.74 Å². The third-order valence-electron chi connectivity index (χ3n) is 3.73. The molecule has 1 atom stereocenters. The zero-order valence-corrected chi connectivity index (χ0v) is 11.6. The highest BCUT2D eigenvalue weighted by molar-refractivity contribution is 7.88. The molecule has 2 N–H and O–H groups in total. The van der Waals surface area contributed by atoms with Gasteiger partial charge in [0.05, 0.1) is 12.9 Å². The first-order valence-electron chi connectivity index (χ1n) is 6.38. The lowest BCUT2D eigenvalue weighted by Gasteiger charge is -2.32. The van der Waals surface area contributed by atoms with Crippen LogP contribution in [0.5, 0.6) is 0 Å². The Morgan fingerprint density at radius 1 is 1.44 bits per heavy atom. The Morgan fingerprint density at radius 2 is 2.11 bits per heavy atom. The Labute approximate surface area is 108 Å². The van der Waals surface area contributed by atoms with E-state index >= 15 is 0 Å². The molecule has 0 aromatic rings. The van der Waals surface area contributed by atoms with Crippen LogP contribution in [0.3, 0.4) is 0 Å². The molecule has 2 heterocycles. The average molecular weight is 278 g/mol. The molecule has 2 rings (SSSR count). The molecule has 0 aromatic heterocycles. The summed E-state index contributed by atoms with van der Waals surface area (Å²) in [7, 11) is -3.06. The van der Waals surface area contributed by atoms with Gasteiger partial charge in [0.15, 0.2) is 0 Å². The van der Waals surface area contributed by atoms with Crippen molar-refractivity contribution in [1.82, 2.24) is 9.62 Å². The van der Waals surface area contributed by atoms with E-state index in [1.54, 1.807) is 0 Å². The number of sulfonamides is 1. The molecule has 2 fully saturated rings. The Kier molecular flexibility index (Phi) is 4.28. The van der Waals surface area contributed by atoms with E-state index in [1.807, 2.05) is 0 Å². The number of ether oxygens (including phenoxy) is 1. The predicted octanol–water partition coefficient (Wildman–Crippen LogP) is -0.849. The van der Waals surface area contributed by atoms with E-state index in [0.717, 1.165) is 12.8 Å². The first kappa shape index (κ1) is 14.2. The van der Waals surface area contributed by atoms with Crippen LogP contribution in [0.2, 0.25) is 0 Å². The second-order valence-corrected chi connectivity index (χ2v) is 7.33. The summed E-state index contributed by atoms with van der Waals surface area (Å²) in [6.07, 6.45) is 3.51. The lowest BCUT2D eigenvalue weighted by molar-refractivity contribution is 0.0234. The first-order chi connectivity index (χ1) is 8.39. The quantitative estimate of drug-likeness (QED) is 0.700. The highest BCUT2D eigenvalue weighted by Gasteiger charge is 2.33. The van der Waals surface area contributed by atoms with Gasteiger partial charge in [-0.05, 0) is 12.8 Å². The maximum Gasteiger partial charge on any atom is 0.211 e. The third kappa shape index (κ3) is 3.64. The molecule has 2 aliphatic rings. The van der Waals surface area contributed by atoms with Gasteiger partial charge in [0.25, 0.3) is 0 Å². The largest absolute Gasteiger partial charge is 0.386 e. The topological polar surface area (TPSA) is 78.9 Å². The molecule has 6 nitrogen and oxygen atoms in total. The molecule has 0 bridgehead atoms. The summed E-state index contributed by atoms with van der Waals surface area (Å²) in [5.41, 5.74) is -0.742. The SMILES string of the molecule is CS(=O)(=O)N1CCC(NCC2(O)CCOC2)CC1. The molecule has 106 valence electrons. The van der Waals surface area contributed by atoms with Gasteiger partial charge >= 0.3 is 0 Å². The molecule has 0 aromatic carbocycles. The molecule has 7 heteroatoms. The number of rotatable bonds is 4. The minimum absolute atomic E-state index is 0.285. The fourth-order valence-electron chi connectivity index (χ4n) is 2.46. The fraction of sp³-hybridized carbons (Fsp3) is 1.00. The van der Waals surface area contributed by atoms with Crippen LogP contribution in [0, 0.1) is 0 Å². The summed E-state index contributed by atoms with van der Waals surface area (Å²) < 4.78 is 29.4. The predicted molar refractivity (Wildman–Crippen MR) is 67.8 cm³/mol.